The Balaban J connectivity index is 1.64. The van der Waals surface area contributed by atoms with Crippen molar-refractivity contribution in [1.82, 2.24) is 10.2 Å². The van der Waals surface area contributed by atoms with Crippen molar-refractivity contribution in [2.24, 2.45) is 0 Å². The lowest BCUT2D eigenvalue weighted by atomic mass is 9.97. The van der Waals surface area contributed by atoms with Gasteiger partial charge in [-0.2, -0.15) is 5.10 Å². The topological polar surface area (TPSA) is 105 Å². The van der Waals surface area contributed by atoms with Crippen molar-refractivity contribution in [3.8, 4) is 22.1 Å². The largest absolute Gasteiger partial charge is 0.504 e. The van der Waals surface area contributed by atoms with Gasteiger partial charge in [-0.25, -0.2) is 4.79 Å². The molecule has 0 bridgehead atoms. The maximum Gasteiger partial charge on any atom is 0.338 e. The number of ether oxygens (including phenoxy) is 2. The maximum absolute atomic E-state index is 13.6. The second kappa shape index (κ2) is 9.27. The molecule has 1 amide bonds. The van der Waals surface area contributed by atoms with Crippen molar-refractivity contribution in [2.45, 2.75) is 19.9 Å². The van der Waals surface area contributed by atoms with E-state index in [0.29, 0.717) is 29.3 Å². The minimum Gasteiger partial charge on any atom is -0.504 e. The van der Waals surface area contributed by atoms with Crippen molar-refractivity contribution in [2.75, 3.05) is 18.1 Å². The molecule has 4 aromatic rings. The molecule has 2 aromatic heterocycles. The van der Waals surface area contributed by atoms with Crippen molar-refractivity contribution in [3.63, 3.8) is 0 Å². The molecule has 178 valence electrons. The van der Waals surface area contributed by atoms with Gasteiger partial charge in [-0.1, -0.05) is 12.1 Å². The van der Waals surface area contributed by atoms with Crippen LogP contribution in [0.4, 0.5) is 5.69 Å². The number of aromatic hydroxyl groups is 1. The zero-order valence-electron chi connectivity index (χ0n) is 19.1. The predicted molar refractivity (Wildman–Crippen MR) is 132 cm³/mol. The van der Waals surface area contributed by atoms with Crippen LogP contribution in [0.5, 0.6) is 11.5 Å². The third kappa shape index (κ3) is 3.93. The van der Waals surface area contributed by atoms with E-state index in [1.54, 1.807) is 65.6 Å². The quantitative estimate of drug-likeness (QED) is 0.347. The number of hydrogen-bond acceptors (Lipinski definition) is 7. The summed E-state index contributed by atoms with van der Waals surface area (Å²) in [5, 5.41) is 19.6. The number of esters is 1. The maximum atomic E-state index is 13.6. The minimum absolute atomic E-state index is 0.0242. The third-order valence-electron chi connectivity index (χ3n) is 5.78. The van der Waals surface area contributed by atoms with Gasteiger partial charge in [0.15, 0.2) is 17.2 Å². The lowest BCUT2D eigenvalue weighted by molar-refractivity contribution is 0.0526. The molecule has 1 unspecified atom stereocenters. The number of fused-ring (bicyclic) bond motifs is 1. The first-order chi connectivity index (χ1) is 17.0. The number of nitrogens with one attached hydrogen (secondary N) is 1. The van der Waals surface area contributed by atoms with Gasteiger partial charge in [0.05, 0.1) is 35.4 Å². The summed E-state index contributed by atoms with van der Waals surface area (Å²) in [7, 11) is 0. The summed E-state index contributed by atoms with van der Waals surface area (Å²) < 4.78 is 10.7. The normalized spacial score (nSPS) is 14.7. The molecule has 0 spiro atoms. The Kier molecular flexibility index (Phi) is 6.00. The van der Waals surface area contributed by atoms with Gasteiger partial charge < -0.3 is 14.6 Å². The fourth-order valence-corrected chi connectivity index (χ4v) is 5.01. The summed E-state index contributed by atoms with van der Waals surface area (Å²) in [6.07, 6.45) is 0. The number of phenols is 1. The molecule has 1 atom stereocenters. The summed E-state index contributed by atoms with van der Waals surface area (Å²) in [6.45, 7) is 4.26. The number of hydrogen-bond donors (Lipinski definition) is 2. The zero-order chi connectivity index (χ0) is 24.5. The second-order valence-electron chi connectivity index (χ2n) is 7.84. The van der Waals surface area contributed by atoms with E-state index in [4.69, 9.17) is 9.47 Å². The van der Waals surface area contributed by atoms with Crippen LogP contribution in [0, 0.1) is 0 Å². The molecule has 35 heavy (non-hydrogen) atoms. The Labute approximate surface area is 205 Å². The fourth-order valence-electron chi connectivity index (χ4n) is 4.28. The van der Waals surface area contributed by atoms with Gasteiger partial charge in [-0.3, -0.25) is 14.8 Å². The van der Waals surface area contributed by atoms with Gasteiger partial charge in [-0.05, 0) is 67.3 Å². The number of rotatable bonds is 7. The number of phenolic OH excluding ortho intramolecular Hbond substituents is 1. The van der Waals surface area contributed by atoms with E-state index in [-0.39, 0.29) is 18.3 Å². The molecule has 9 heteroatoms. The SMILES string of the molecule is CCOC(=O)c1ccc(N2C(=O)c3n[nH]c(-c4cccs4)c3C2c2ccc(O)c(OCC)c2)cc1. The Morgan fingerprint density at radius 1 is 1.14 bits per heavy atom. The molecule has 3 heterocycles. The zero-order valence-corrected chi connectivity index (χ0v) is 20.0. The van der Waals surface area contributed by atoms with E-state index in [1.807, 2.05) is 24.4 Å². The molecular formula is C26H23N3O5S. The smallest absolute Gasteiger partial charge is 0.338 e. The highest BCUT2D eigenvalue weighted by molar-refractivity contribution is 7.13. The first-order valence-corrected chi connectivity index (χ1v) is 12.1. The average molecular weight is 490 g/mol. The van der Waals surface area contributed by atoms with Crippen LogP contribution >= 0.6 is 11.3 Å². The Bertz CT molecular complexity index is 1380. The molecule has 5 rings (SSSR count). The molecule has 0 fully saturated rings. The number of benzene rings is 2. The van der Waals surface area contributed by atoms with Gasteiger partial charge in [0.2, 0.25) is 0 Å². The number of anilines is 1. The van der Waals surface area contributed by atoms with Crippen LogP contribution in [0.25, 0.3) is 10.6 Å². The minimum atomic E-state index is -0.526. The molecular weight excluding hydrogens is 466 g/mol. The van der Waals surface area contributed by atoms with Crippen molar-refractivity contribution < 1.29 is 24.2 Å². The first-order valence-electron chi connectivity index (χ1n) is 11.2. The highest BCUT2D eigenvalue weighted by atomic mass is 32.1. The molecule has 2 aromatic carbocycles. The lowest BCUT2D eigenvalue weighted by Gasteiger charge is -2.27. The lowest BCUT2D eigenvalue weighted by Crippen LogP contribution is -2.29. The monoisotopic (exact) mass is 489 g/mol. The third-order valence-corrected chi connectivity index (χ3v) is 6.67. The Hall–Kier alpha value is -4.11. The molecule has 8 nitrogen and oxygen atoms in total. The number of carbonyl (C=O) groups excluding carboxylic acids is 2. The van der Waals surface area contributed by atoms with Crippen molar-refractivity contribution in [3.05, 3.63) is 82.4 Å². The van der Waals surface area contributed by atoms with Gasteiger partial charge in [0.25, 0.3) is 5.91 Å². The van der Waals surface area contributed by atoms with Crippen LogP contribution < -0.4 is 9.64 Å². The molecule has 0 saturated heterocycles. The van der Waals surface area contributed by atoms with Gasteiger partial charge in [-0.15, -0.1) is 11.3 Å². The number of carbonyl (C=O) groups is 2. The second-order valence-corrected chi connectivity index (χ2v) is 8.79. The van der Waals surface area contributed by atoms with E-state index in [9.17, 15) is 14.7 Å². The molecule has 1 aliphatic rings. The number of thiophene rings is 1. The predicted octanol–water partition coefficient (Wildman–Crippen LogP) is 5.17. The van der Waals surface area contributed by atoms with E-state index in [2.05, 4.69) is 10.2 Å². The molecule has 0 aliphatic carbocycles. The summed E-state index contributed by atoms with van der Waals surface area (Å²) >= 11 is 1.55. The van der Waals surface area contributed by atoms with E-state index >= 15 is 0 Å². The Morgan fingerprint density at radius 3 is 2.63 bits per heavy atom. The van der Waals surface area contributed by atoms with Crippen LogP contribution in [0.3, 0.4) is 0 Å². The fraction of sp³-hybridized carbons (Fsp3) is 0.192. The number of nitrogens with zero attached hydrogens (tertiary/aromatic N) is 2. The molecule has 0 saturated carbocycles. The summed E-state index contributed by atoms with van der Waals surface area (Å²) in [5.41, 5.74) is 3.62. The summed E-state index contributed by atoms with van der Waals surface area (Å²) in [6, 6.07) is 15.2. The van der Waals surface area contributed by atoms with Gasteiger partial charge in [0.1, 0.15) is 0 Å². The molecule has 2 N–H and O–H groups in total. The number of aromatic nitrogens is 2. The average Bonchev–Trinajstić information content (AvgIpc) is 3.59. The van der Waals surface area contributed by atoms with E-state index in [0.717, 1.165) is 21.7 Å². The molecule has 0 radical (unpaired) electrons. The standard InChI is InChI=1S/C26H23N3O5S/c1-3-33-19-14-16(9-12-18(19)30)24-21-22(20-6-5-13-35-20)27-28-23(21)25(31)29(24)17-10-7-15(8-11-17)26(32)34-4-2/h5-14,24,30H,3-4H2,1-2H3,(H,27,28). The summed E-state index contributed by atoms with van der Waals surface area (Å²) in [5.74, 6) is -0.323. The summed E-state index contributed by atoms with van der Waals surface area (Å²) in [4.78, 5) is 28.4. The van der Waals surface area contributed by atoms with E-state index in [1.165, 1.54) is 0 Å². The van der Waals surface area contributed by atoms with Crippen LogP contribution in [-0.4, -0.2) is 40.4 Å². The number of amides is 1. The van der Waals surface area contributed by atoms with Crippen LogP contribution in [0.2, 0.25) is 0 Å². The number of H-pyrrole nitrogens is 1. The highest BCUT2D eigenvalue weighted by Gasteiger charge is 2.43. The van der Waals surface area contributed by atoms with Crippen molar-refractivity contribution >= 4 is 28.9 Å². The molecule has 1 aliphatic heterocycles. The van der Waals surface area contributed by atoms with Crippen molar-refractivity contribution in [1.29, 1.82) is 0 Å². The first kappa shape index (κ1) is 22.7. The van der Waals surface area contributed by atoms with E-state index < -0.39 is 12.0 Å². The van der Waals surface area contributed by atoms with Gasteiger partial charge >= 0.3 is 5.97 Å². The van der Waals surface area contributed by atoms with Crippen LogP contribution in [0.1, 0.15) is 51.9 Å². The van der Waals surface area contributed by atoms with Gasteiger partial charge in [0, 0.05) is 11.3 Å². The van der Waals surface area contributed by atoms with Crippen LogP contribution in [-0.2, 0) is 4.74 Å². The highest BCUT2D eigenvalue weighted by Crippen LogP contribution is 2.47. The van der Waals surface area contributed by atoms with Crippen LogP contribution in [0.15, 0.2) is 60.0 Å². The number of aromatic amines is 1. The Morgan fingerprint density at radius 2 is 1.94 bits per heavy atom.